The largest absolute Gasteiger partial charge is 0.493 e. The molecule has 0 saturated carbocycles. The maximum Gasteiger partial charge on any atom is 0.326 e. The smallest absolute Gasteiger partial charge is 0.326 e. The van der Waals surface area contributed by atoms with Crippen LogP contribution in [0.1, 0.15) is 16.7 Å². The molecule has 4 aromatic rings. The second-order valence-corrected chi connectivity index (χ2v) is 10.5. The predicted molar refractivity (Wildman–Crippen MR) is 143 cm³/mol. The maximum absolute atomic E-state index is 13.6. The standard InChI is InChI=1S/C28H27NO8S/c1-16-6-9-20(10-7-16)38(32,33)29-15-24(30)37-28-26(31)25-18(3)12-17(2)13-23(25)36-27(28)19-8-11-21(34-4)22(14-19)35-5/h6-14,29H,15H2,1-5H3. The van der Waals surface area contributed by atoms with E-state index in [-0.39, 0.29) is 21.8 Å². The van der Waals surface area contributed by atoms with Crippen molar-refractivity contribution in [2.24, 2.45) is 0 Å². The topological polar surface area (TPSA) is 121 Å². The molecule has 0 saturated heterocycles. The molecule has 1 aromatic heterocycles. The van der Waals surface area contributed by atoms with Gasteiger partial charge in [-0.3, -0.25) is 9.59 Å². The van der Waals surface area contributed by atoms with Gasteiger partial charge in [0.1, 0.15) is 12.1 Å². The Kier molecular flexibility index (Phi) is 7.56. The Morgan fingerprint density at radius 2 is 1.58 bits per heavy atom. The highest BCUT2D eigenvalue weighted by atomic mass is 32.2. The number of rotatable bonds is 8. The van der Waals surface area contributed by atoms with Gasteiger partial charge in [-0.05, 0) is 68.3 Å². The van der Waals surface area contributed by atoms with E-state index >= 15 is 0 Å². The fourth-order valence-corrected chi connectivity index (χ4v) is 5.01. The molecule has 0 bridgehead atoms. The molecule has 0 unspecified atom stereocenters. The average Bonchev–Trinajstić information content (AvgIpc) is 2.88. The van der Waals surface area contributed by atoms with Crippen LogP contribution in [-0.2, 0) is 14.8 Å². The first-order valence-electron chi connectivity index (χ1n) is 11.6. The quantitative estimate of drug-likeness (QED) is 0.331. The Hall–Kier alpha value is -4.15. The predicted octanol–water partition coefficient (Wildman–Crippen LogP) is 4.29. The lowest BCUT2D eigenvalue weighted by Gasteiger charge is -2.14. The molecule has 1 N–H and O–H groups in total. The molecule has 0 radical (unpaired) electrons. The van der Waals surface area contributed by atoms with Crippen molar-refractivity contribution in [3.63, 3.8) is 0 Å². The number of hydrogen-bond acceptors (Lipinski definition) is 8. The molecular weight excluding hydrogens is 510 g/mol. The minimum absolute atomic E-state index is 0.00173. The lowest BCUT2D eigenvalue weighted by atomic mass is 10.0. The number of sulfonamides is 1. The third-order valence-electron chi connectivity index (χ3n) is 5.89. The molecule has 0 aliphatic rings. The van der Waals surface area contributed by atoms with Crippen LogP contribution in [-0.4, -0.2) is 35.2 Å². The number of fused-ring (bicyclic) bond motifs is 1. The summed E-state index contributed by atoms with van der Waals surface area (Å²) < 4.78 is 49.7. The fourth-order valence-electron chi connectivity index (χ4n) is 4.04. The third kappa shape index (κ3) is 5.41. The average molecular weight is 538 g/mol. The molecule has 0 aliphatic heterocycles. The van der Waals surface area contributed by atoms with Crippen LogP contribution in [0.4, 0.5) is 0 Å². The van der Waals surface area contributed by atoms with E-state index in [0.29, 0.717) is 28.2 Å². The normalized spacial score (nSPS) is 11.4. The van der Waals surface area contributed by atoms with E-state index in [0.717, 1.165) is 11.1 Å². The summed E-state index contributed by atoms with van der Waals surface area (Å²) in [6.07, 6.45) is 0. The van der Waals surface area contributed by atoms with Crippen LogP contribution in [0.2, 0.25) is 0 Å². The van der Waals surface area contributed by atoms with Gasteiger partial charge in [-0.15, -0.1) is 0 Å². The van der Waals surface area contributed by atoms with Crippen LogP contribution in [0.3, 0.4) is 0 Å². The van der Waals surface area contributed by atoms with Gasteiger partial charge < -0.3 is 18.6 Å². The number of ether oxygens (including phenoxy) is 3. The molecule has 3 aromatic carbocycles. The minimum Gasteiger partial charge on any atom is -0.493 e. The zero-order valence-electron chi connectivity index (χ0n) is 21.6. The third-order valence-corrected chi connectivity index (χ3v) is 7.31. The monoisotopic (exact) mass is 537 g/mol. The molecule has 4 rings (SSSR count). The van der Waals surface area contributed by atoms with Gasteiger partial charge in [0.05, 0.1) is 24.5 Å². The summed E-state index contributed by atoms with van der Waals surface area (Å²) in [5, 5.41) is 0.253. The van der Waals surface area contributed by atoms with Crippen LogP contribution >= 0.6 is 0 Å². The van der Waals surface area contributed by atoms with Crippen LogP contribution in [0, 0.1) is 20.8 Å². The lowest BCUT2D eigenvalue weighted by molar-refractivity contribution is -0.133. The van der Waals surface area contributed by atoms with Gasteiger partial charge in [-0.2, -0.15) is 4.72 Å². The Morgan fingerprint density at radius 3 is 2.24 bits per heavy atom. The van der Waals surface area contributed by atoms with Crippen molar-refractivity contribution in [1.82, 2.24) is 4.72 Å². The van der Waals surface area contributed by atoms with Crippen molar-refractivity contribution in [2.75, 3.05) is 20.8 Å². The van der Waals surface area contributed by atoms with Gasteiger partial charge in [0, 0.05) is 5.56 Å². The lowest BCUT2D eigenvalue weighted by Crippen LogP contribution is -2.32. The van der Waals surface area contributed by atoms with Crippen molar-refractivity contribution >= 4 is 27.0 Å². The summed E-state index contributed by atoms with van der Waals surface area (Å²) >= 11 is 0. The first kappa shape index (κ1) is 26.9. The van der Waals surface area contributed by atoms with Gasteiger partial charge in [0.15, 0.2) is 17.3 Å². The van der Waals surface area contributed by atoms with Crippen LogP contribution in [0.15, 0.2) is 68.7 Å². The molecule has 0 aliphatic carbocycles. The summed E-state index contributed by atoms with van der Waals surface area (Å²) in [7, 11) is -1.03. The number of benzene rings is 3. The van der Waals surface area contributed by atoms with E-state index in [9.17, 15) is 18.0 Å². The van der Waals surface area contributed by atoms with E-state index in [4.69, 9.17) is 18.6 Å². The van der Waals surface area contributed by atoms with Crippen molar-refractivity contribution < 1.29 is 31.8 Å². The second-order valence-electron chi connectivity index (χ2n) is 8.73. The minimum atomic E-state index is -3.98. The Balaban J connectivity index is 1.75. The highest BCUT2D eigenvalue weighted by Gasteiger charge is 2.24. The summed E-state index contributed by atoms with van der Waals surface area (Å²) in [5.74, 6) is -0.537. The number of methoxy groups -OCH3 is 2. The first-order chi connectivity index (χ1) is 18.0. The van der Waals surface area contributed by atoms with E-state index in [1.54, 1.807) is 43.3 Å². The molecule has 0 amide bonds. The van der Waals surface area contributed by atoms with Crippen molar-refractivity contribution in [1.29, 1.82) is 0 Å². The zero-order valence-corrected chi connectivity index (χ0v) is 22.4. The van der Waals surface area contributed by atoms with Crippen molar-refractivity contribution in [3.8, 4) is 28.6 Å². The zero-order chi connectivity index (χ0) is 27.6. The molecule has 0 fully saturated rings. The Labute approximate surface area is 220 Å². The molecule has 9 nitrogen and oxygen atoms in total. The highest BCUT2D eigenvalue weighted by molar-refractivity contribution is 7.89. The van der Waals surface area contributed by atoms with Gasteiger partial charge in [0.25, 0.3) is 0 Å². The second kappa shape index (κ2) is 10.7. The number of carbonyl (C=O) groups excluding carboxylic acids is 1. The molecule has 38 heavy (non-hydrogen) atoms. The maximum atomic E-state index is 13.6. The number of nitrogens with one attached hydrogen (secondary N) is 1. The van der Waals surface area contributed by atoms with Gasteiger partial charge in [-0.1, -0.05) is 23.8 Å². The SMILES string of the molecule is COc1ccc(-c2oc3cc(C)cc(C)c3c(=O)c2OC(=O)CNS(=O)(=O)c2ccc(C)cc2)cc1OC. The highest BCUT2D eigenvalue weighted by Crippen LogP contribution is 2.37. The van der Waals surface area contributed by atoms with Crippen LogP contribution in [0.25, 0.3) is 22.3 Å². The molecular formula is C28H27NO8S. The van der Waals surface area contributed by atoms with Crippen molar-refractivity contribution in [3.05, 3.63) is 81.5 Å². The van der Waals surface area contributed by atoms with Gasteiger partial charge >= 0.3 is 5.97 Å². The number of carbonyl (C=O) groups is 1. The summed E-state index contributed by atoms with van der Waals surface area (Å²) in [5.41, 5.74) is 2.56. The molecule has 10 heteroatoms. The Morgan fingerprint density at radius 1 is 0.895 bits per heavy atom. The van der Waals surface area contributed by atoms with E-state index in [1.165, 1.54) is 26.4 Å². The van der Waals surface area contributed by atoms with Crippen LogP contribution in [0.5, 0.6) is 17.2 Å². The molecule has 0 spiro atoms. The Bertz CT molecular complexity index is 1690. The van der Waals surface area contributed by atoms with E-state index in [1.807, 2.05) is 19.9 Å². The van der Waals surface area contributed by atoms with Gasteiger partial charge in [-0.25, -0.2) is 8.42 Å². The number of esters is 1. The van der Waals surface area contributed by atoms with Gasteiger partial charge in [0.2, 0.25) is 21.2 Å². The summed E-state index contributed by atoms with van der Waals surface area (Å²) in [4.78, 5) is 26.4. The van der Waals surface area contributed by atoms with Crippen molar-refractivity contribution in [2.45, 2.75) is 25.7 Å². The van der Waals surface area contributed by atoms with E-state index < -0.39 is 28.0 Å². The number of hydrogen-bond donors (Lipinski definition) is 1. The molecule has 0 atom stereocenters. The first-order valence-corrected chi connectivity index (χ1v) is 13.1. The summed E-state index contributed by atoms with van der Waals surface area (Å²) in [6.45, 7) is 4.75. The fraction of sp³-hybridized carbons (Fsp3) is 0.214. The summed E-state index contributed by atoms with van der Waals surface area (Å²) in [6, 6.07) is 14.5. The molecule has 198 valence electrons. The molecule has 1 heterocycles. The van der Waals surface area contributed by atoms with E-state index in [2.05, 4.69) is 4.72 Å². The van der Waals surface area contributed by atoms with Crippen LogP contribution < -0.4 is 24.4 Å². The number of aryl methyl sites for hydroxylation is 3.